The Hall–Kier alpha value is -2.03. The van der Waals surface area contributed by atoms with Crippen LogP contribution in [0.15, 0.2) is 47.1 Å². The minimum atomic E-state index is -0.0846. The summed E-state index contributed by atoms with van der Waals surface area (Å²) in [6, 6.07) is 11.4. The van der Waals surface area contributed by atoms with Gasteiger partial charge in [-0.05, 0) is 30.2 Å². The zero-order valence-corrected chi connectivity index (χ0v) is 9.35. The van der Waals surface area contributed by atoms with Crippen LogP contribution >= 0.6 is 0 Å². The van der Waals surface area contributed by atoms with Gasteiger partial charge in [-0.25, -0.2) is 0 Å². The van der Waals surface area contributed by atoms with E-state index in [-0.39, 0.29) is 11.7 Å². The molecule has 17 heavy (non-hydrogen) atoms. The Morgan fingerprint density at radius 1 is 1.24 bits per heavy atom. The Bertz CT molecular complexity index is 531. The van der Waals surface area contributed by atoms with Gasteiger partial charge in [-0.2, -0.15) is 0 Å². The van der Waals surface area contributed by atoms with Crippen molar-refractivity contribution in [1.82, 2.24) is 0 Å². The average molecular weight is 227 g/mol. The molecule has 3 heteroatoms. The molecule has 1 unspecified atom stereocenters. The third-order valence-corrected chi connectivity index (χ3v) is 3.17. The van der Waals surface area contributed by atoms with Crippen LogP contribution in [0.25, 0.3) is 0 Å². The molecule has 1 aromatic carbocycles. The molecule has 0 spiro atoms. The van der Waals surface area contributed by atoms with Crippen LogP contribution in [0.4, 0.5) is 5.69 Å². The largest absolute Gasteiger partial charge is 0.461 e. The van der Waals surface area contributed by atoms with Crippen molar-refractivity contribution >= 4 is 11.5 Å². The first-order valence-corrected chi connectivity index (χ1v) is 5.77. The molecule has 0 saturated carbocycles. The number of anilines is 1. The number of nitrogens with one attached hydrogen (secondary N) is 1. The molecule has 86 valence electrons. The minimum absolute atomic E-state index is 0.0731. The highest BCUT2D eigenvalue weighted by Crippen LogP contribution is 2.33. The Kier molecular flexibility index (Phi) is 2.44. The highest BCUT2D eigenvalue weighted by Gasteiger charge is 2.28. The summed E-state index contributed by atoms with van der Waals surface area (Å²) in [5.41, 5.74) is 2.13. The summed E-state index contributed by atoms with van der Waals surface area (Å²) in [6.07, 6.45) is 2.36. The molecule has 0 amide bonds. The predicted octanol–water partition coefficient (Wildman–Crippen LogP) is 3.06. The first kappa shape index (κ1) is 10.1. The lowest BCUT2D eigenvalue weighted by atomic mass is 9.87. The summed E-state index contributed by atoms with van der Waals surface area (Å²) in [6.45, 7) is 0.828. The maximum absolute atomic E-state index is 12.3. The van der Waals surface area contributed by atoms with Gasteiger partial charge in [0.15, 0.2) is 5.76 Å². The number of fused-ring (bicyclic) bond motifs is 1. The van der Waals surface area contributed by atoms with Gasteiger partial charge in [0.1, 0.15) is 0 Å². The van der Waals surface area contributed by atoms with E-state index >= 15 is 0 Å². The number of carbonyl (C=O) groups excluding carboxylic acids is 1. The van der Waals surface area contributed by atoms with Crippen LogP contribution in [0.5, 0.6) is 0 Å². The number of rotatable bonds is 2. The first-order chi connectivity index (χ1) is 8.36. The van der Waals surface area contributed by atoms with E-state index in [0.717, 1.165) is 24.2 Å². The molecule has 1 aliphatic rings. The number of hydrogen-bond acceptors (Lipinski definition) is 3. The van der Waals surface area contributed by atoms with Crippen LogP contribution in [0.2, 0.25) is 0 Å². The van der Waals surface area contributed by atoms with Crippen molar-refractivity contribution in [3.63, 3.8) is 0 Å². The maximum atomic E-state index is 12.3. The van der Waals surface area contributed by atoms with Crippen molar-refractivity contribution in [3.8, 4) is 0 Å². The van der Waals surface area contributed by atoms with Crippen molar-refractivity contribution in [2.75, 3.05) is 11.9 Å². The van der Waals surface area contributed by atoms with Crippen molar-refractivity contribution in [2.24, 2.45) is 0 Å². The standard InChI is InChI=1S/C14H13NO2/c16-14(13-6-3-9-17-13)11-7-8-15-12-5-2-1-4-10(11)12/h1-6,9,11,15H,7-8H2. The highest BCUT2D eigenvalue weighted by molar-refractivity contribution is 5.99. The van der Waals surface area contributed by atoms with Gasteiger partial charge >= 0.3 is 0 Å². The van der Waals surface area contributed by atoms with Gasteiger partial charge in [-0.15, -0.1) is 0 Å². The Morgan fingerprint density at radius 3 is 2.94 bits per heavy atom. The number of carbonyl (C=O) groups is 1. The molecule has 0 fully saturated rings. The van der Waals surface area contributed by atoms with Gasteiger partial charge in [-0.3, -0.25) is 4.79 Å². The molecule has 3 nitrogen and oxygen atoms in total. The van der Waals surface area contributed by atoms with Crippen LogP contribution in [0.1, 0.15) is 28.5 Å². The molecule has 0 saturated heterocycles. The zero-order valence-electron chi connectivity index (χ0n) is 9.35. The normalized spacial score (nSPS) is 18.2. The van der Waals surface area contributed by atoms with E-state index in [2.05, 4.69) is 5.32 Å². The van der Waals surface area contributed by atoms with Gasteiger partial charge in [0.05, 0.1) is 12.2 Å². The Morgan fingerprint density at radius 2 is 2.12 bits per heavy atom. The summed E-state index contributed by atoms with van der Waals surface area (Å²) >= 11 is 0. The molecule has 1 aromatic heterocycles. The van der Waals surface area contributed by atoms with Gasteiger partial charge < -0.3 is 9.73 Å². The van der Waals surface area contributed by atoms with E-state index in [1.807, 2.05) is 24.3 Å². The topological polar surface area (TPSA) is 42.2 Å². The van der Waals surface area contributed by atoms with Crippen molar-refractivity contribution in [1.29, 1.82) is 0 Å². The van der Waals surface area contributed by atoms with Crippen LogP contribution < -0.4 is 5.32 Å². The molecule has 0 bridgehead atoms. The number of benzene rings is 1. The van der Waals surface area contributed by atoms with E-state index < -0.39 is 0 Å². The van der Waals surface area contributed by atoms with Crippen LogP contribution in [0, 0.1) is 0 Å². The van der Waals surface area contributed by atoms with E-state index in [4.69, 9.17) is 4.42 Å². The molecule has 3 rings (SSSR count). The zero-order chi connectivity index (χ0) is 11.7. The third kappa shape index (κ3) is 1.73. The molecule has 0 radical (unpaired) electrons. The van der Waals surface area contributed by atoms with Gasteiger partial charge in [0.2, 0.25) is 5.78 Å². The smallest absolute Gasteiger partial charge is 0.205 e. The first-order valence-electron chi connectivity index (χ1n) is 5.77. The molecule has 1 N–H and O–H groups in total. The van der Waals surface area contributed by atoms with Gasteiger partial charge in [-0.1, -0.05) is 18.2 Å². The monoisotopic (exact) mass is 227 g/mol. The van der Waals surface area contributed by atoms with Crippen molar-refractivity contribution < 1.29 is 9.21 Å². The minimum Gasteiger partial charge on any atom is -0.461 e. The fourth-order valence-corrected chi connectivity index (χ4v) is 2.33. The number of Topliss-reactive ketones (excluding diaryl/α,β-unsaturated/α-hetero) is 1. The maximum Gasteiger partial charge on any atom is 0.205 e. The summed E-state index contributed by atoms with van der Waals surface area (Å²) in [4.78, 5) is 12.3. The number of ketones is 1. The molecule has 1 aliphatic heterocycles. The van der Waals surface area contributed by atoms with E-state index in [1.54, 1.807) is 18.4 Å². The molecular weight excluding hydrogens is 214 g/mol. The fraction of sp³-hybridized carbons (Fsp3) is 0.214. The van der Waals surface area contributed by atoms with Gasteiger partial charge in [0.25, 0.3) is 0 Å². The predicted molar refractivity (Wildman–Crippen MR) is 65.3 cm³/mol. The Balaban J connectivity index is 1.98. The summed E-state index contributed by atoms with van der Waals surface area (Å²) < 4.78 is 5.19. The average Bonchev–Trinajstić information content (AvgIpc) is 2.91. The summed E-state index contributed by atoms with van der Waals surface area (Å²) in [5.74, 6) is 0.439. The molecule has 0 aliphatic carbocycles. The lowest BCUT2D eigenvalue weighted by Crippen LogP contribution is -2.22. The Labute approximate surface area is 99.4 Å². The van der Waals surface area contributed by atoms with Crippen molar-refractivity contribution in [2.45, 2.75) is 12.3 Å². The fourth-order valence-electron chi connectivity index (χ4n) is 2.33. The van der Waals surface area contributed by atoms with Crippen LogP contribution in [0.3, 0.4) is 0 Å². The number of para-hydroxylation sites is 1. The second kappa shape index (κ2) is 4.09. The molecular formula is C14H13NO2. The van der Waals surface area contributed by atoms with Crippen LogP contribution in [-0.2, 0) is 0 Å². The SMILES string of the molecule is O=C(c1ccco1)C1CCNc2ccccc21. The van der Waals surface area contributed by atoms with E-state index in [0.29, 0.717) is 5.76 Å². The van der Waals surface area contributed by atoms with Crippen molar-refractivity contribution in [3.05, 3.63) is 54.0 Å². The summed E-state index contributed by atoms with van der Waals surface area (Å²) in [7, 11) is 0. The quantitative estimate of drug-likeness (QED) is 0.802. The molecule has 2 heterocycles. The van der Waals surface area contributed by atoms with E-state index in [1.165, 1.54) is 0 Å². The lowest BCUT2D eigenvalue weighted by molar-refractivity contribution is 0.0928. The summed E-state index contributed by atoms with van der Waals surface area (Å²) in [5, 5.41) is 3.31. The number of hydrogen-bond donors (Lipinski definition) is 1. The highest BCUT2D eigenvalue weighted by atomic mass is 16.3. The second-order valence-electron chi connectivity index (χ2n) is 4.20. The number of furan rings is 1. The lowest BCUT2D eigenvalue weighted by Gasteiger charge is -2.24. The molecule has 1 atom stereocenters. The third-order valence-electron chi connectivity index (χ3n) is 3.17. The second-order valence-corrected chi connectivity index (χ2v) is 4.20. The van der Waals surface area contributed by atoms with E-state index in [9.17, 15) is 4.79 Å². The van der Waals surface area contributed by atoms with Crippen LogP contribution in [-0.4, -0.2) is 12.3 Å². The molecule has 2 aromatic rings. The van der Waals surface area contributed by atoms with Gasteiger partial charge in [0, 0.05) is 12.2 Å².